The molecule has 0 unspecified atom stereocenters. The van der Waals surface area contributed by atoms with Gasteiger partial charge in [-0.3, -0.25) is 0 Å². The topological polar surface area (TPSA) is 61.6 Å². The molecule has 0 heterocycles. The fraction of sp³-hybridized carbons (Fsp3) is 0.462. The molecule has 2 rings (SSSR count). The maximum absolute atomic E-state index is 10.7. The Morgan fingerprint density at radius 3 is 2.59 bits per heavy atom. The van der Waals surface area contributed by atoms with Gasteiger partial charge in [0, 0.05) is 12.0 Å². The first-order valence-electron chi connectivity index (χ1n) is 5.62. The summed E-state index contributed by atoms with van der Waals surface area (Å²) >= 11 is 0. The molecule has 92 valence electrons. The summed E-state index contributed by atoms with van der Waals surface area (Å²) in [6.45, 7) is 0. The van der Waals surface area contributed by atoms with E-state index in [4.69, 9.17) is 15.2 Å². The molecular weight excluding hydrogens is 218 g/mol. The standard InChI is InChI=1S/C13H17NO3/c1-16-11-7-9-3-4-13(14,5-6-15)10(9)8-12(11)17-2/h6-8H,3-5,14H2,1-2H3/t13-/m1/s1. The predicted octanol–water partition coefficient (Wildman–Crippen LogP) is 1.39. The number of hydrogen-bond donors (Lipinski definition) is 1. The van der Waals surface area contributed by atoms with Gasteiger partial charge < -0.3 is 20.0 Å². The number of methoxy groups -OCH3 is 2. The summed E-state index contributed by atoms with van der Waals surface area (Å²) in [7, 11) is 3.21. The van der Waals surface area contributed by atoms with Gasteiger partial charge >= 0.3 is 0 Å². The van der Waals surface area contributed by atoms with Gasteiger partial charge in [0.25, 0.3) is 0 Å². The van der Waals surface area contributed by atoms with Gasteiger partial charge in [-0.1, -0.05) is 0 Å². The Labute approximate surface area is 101 Å². The summed E-state index contributed by atoms with van der Waals surface area (Å²) in [5.74, 6) is 1.37. The van der Waals surface area contributed by atoms with Gasteiger partial charge in [0.05, 0.1) is 14.2 Å². The molecule has 0 amide bonds. The van der Waals surface area contributed by atoms with Crippen LogP contribution in [-0.4, -0.2) is 20.5 Å². The van der Waals surface area contributed by atoms with Crippen LogP contribution < -0.4 is 15.2 Å². The van der Waals surface area contributed by atoms with Gasteiger partial charge in [0.2, 0.25) is 0 Å². The van der Waals surface area contributed by atoms with E-state index in [1.807, 2.05) is 12.1 Å². The minimum atomic E-state index is -0.545. The van der Waals surface area contributed by atoms with E-state index in [1.54, 1.807) is 14.2 Å². The van der Waals surface area contributed by atoms with Crippen LogP contribution in [-0.2, 0) is 16.8 Å². The second-order valence-electron chi connectivity index (χ2n) is 4.39. The lowest BCUT2D eigenvalue weighted by molar-refractivity contribution is -0.108. The molecule has 1 aromatic carbocycles. The summed E-state index contributed by atoms with van der Waals surface area (Å²) < 4.78 is 10.5. The number of carbonyl (C=O) groups is 1. The summed E-state index contributed by atoms with van der Waals surface area (Å²) in [6.07, 6.45) is 2.89. The van der Waals surface area contributed by atoms with Crippen LogP contribution in [0.15, 0.2) is 12.1 Å². The van der Waals surface area contributed by atoms with Crippen molar-refractivity contribution in [1.82, 2.24) is 0 Å². The van der Waals surface area contributed by atoms with Crippen LogP contribution in [0.25, 0.3) is 0 Å². The highest BCUT2D eigenvalue weighted by molar-refractivity contribution is 5.58. The Bertz CT molecular complexity index is 445. The van der Waals surface area contributed by atoms with Crippen molar-refractivity contribution < 1.29 is 14.3 Å². The number of rotatable bonds is 4. The maximum Gasteiger partial charge on any atom is 0.161 e. The minimum Gasteiger partial charge on any atom is -0.493 e. The van der Waals surface area contributed by atoms with Gasteiger partial charge in [0.1, 0.15) is 6.29 Å². The molecule has 0 bridgehead atoms. The van der Waals surface area contributed by atoms with Gasteiger partial charge in [-0.05, 0) is 36.1 Å². The molecule has 1 atom stereocenters. The molecule has 0 fully saturated rings. The fourth-order valence-corrected chi connectivity index (χ4v) is 2.44. The first kappa shape index (κ1) is 11.9. The normalized spacial score (nSPS) is 22.1. The Hall–Kier alpha value is -1.55. The van der Waals surface area contributed by atoms with Crippen molar-refractivity contribution in [3.05, 3.63) is 23.3 Å². The highest BCUT2D eigenvalue weighted by Gasteiger charge is 2.35. The molecule has 4 heteroatoms. The summed E-state index contributed by atoms with van der Waals surface area (Å²) in [4.78, 5) is 10.7. The van der Waals surface area contributed by atoms with E-state index in [9.17, 15) is 4.79 Å². The molecule has 0 saturated carbocycles. The van der Waals surface area contributed by atoms with Crippen LogP contribution in [0, 0.1) is 0 Å². The van der Waals surface area contributed by atoms with E-state index in [0.29, 0.717) is 17.9 Å². The molecule has 1 aromatic rings. The van der Waals surface area contributed by atoms with E-state index in [2.05, 4.69) is 0 Å². The van der Waals surface area contributed by atoms with Crippen molar-refractivity contribution in [3.8, 4) is 11.5 Å². The zero-order chi connectivity index (χ0) is 12.5. The van der Waals surface area contributed by atoms with Gasteiger partial charge in [0.15, 0.2) is 11.5 Å². The number of carbonyl (C=O) groups excluding carboxylic acids is 1. The molecule has 0 aromatic heterocycles. The number of fused-ring (bicyclic) bond motifs is 1. The number of aryl methyl sites for hydroxylation is 1. The number of hydrogen-bond acceptors (Lipinski definition) is 4. The summed E-state index contributed by atoms with van der Waals surface area (Å²) in [5, 5.41) is 0. The highest BCUT2D eigenvalue weighted by Crippen LogP contribution is 2.42. The predicted molar refractivity (Wildman–Crippen MR) is 64.4 cm³/mol. The molecule has 0 saturated heterocycles. The molecular formula is C13H17NO3. The van der Waals surface area contributed by atoms with Gasteiger partial charge in [-0.2, -0.15) is 0 Å². The van der Waals surface area contributed by atoms with Crippen LogP contribution in [0.3, 0.4) is 0 Å². The second-order valence-corrected chi connectivity index (χ2v) is 4.39. The third-order valence-electron chi connectivity index (χ3n) is 3.43. The van der Waals surface area contributed by atoms with Crippen LogP contribution in [0.2, 0.25) is 0 Å². The van der Waals surface area contributed by atoms with Crippen molar-refractivity contribution in [2.75, 3.05) is 14.2 Å². The van der Waals surface area contributed by atoms with Crippen molar-refractivity contribution in [2.24, 2.45) is 5.73 Å². The SMILES string of the molecule is COc1cc2c(cc1OC)[C@](N)(CC=O)CC2. The third kappa shape index (κ3) is 1.89. The first-order valence-corrected chi connectivity index (χ1v) is 5.62. The molecule has 1 aliphatic rings. The zero-order valence-electron chi connectivity index (χ0n) is 10.2. The number of benzene rings is 1. The lowest BCUT2D eigenvalue weighted by atomic mass is 9.90. The van der Waals surface area contributed by atoms with E-state index < -0.39 is 5.54 Å². The first-order chi connectivity index (χ1) is 8.14. The summed E-state index contributed by atoms with van der Waals surface area (Å²) in [5.41, 5.74) is 7.87. The van der Waals surface area contributed by atoms with E-state index >= 15 is 0 Å². The van der Waals surface area contributed by atoms with E-state index in [-0.39, 0.29) is 0 Å². The van der Waals surface area contributed by atoms with E-state index in [1.165, 1.54) is 0 Å². The Morgan fingerprint density at radius 1 is 1.35 bits per heavy atom. The number of ether oxygens (including phenoxy) is 2. The minimum absolute atomic E-state index is 0.343. The average molecular weight is 235 g/mol. The zero-order valence-corrected chi connectivity index (χ0v) is 10.2. The largest absolute Gasteiger partial charge is 0.493 e. The van der Waals surface area contributed by atoms with Crippen LogP contribution >= 0.6 is 0 Å². The summed E-state index contributed by atoms with van der Waals surface area (Å²) in [6, 6.07) is 3.85. The third-order valence-corrected chi connectivity index (χ3v) is 3.43. The molecule has 4 nitrogen and oxygen atoms in total. The lowest BCUT2D eigenvalue weighted by Gasteiger charge is -2.23. The van der Waals surface area contributed by atoms with Gasteiger partial charge in [-0.25, -0.2) is 0 Å². The van der Waals surface area contributed by atoms with E-state index in [0.717, 1.165) is 30.3 Å². The average Bonchev–Trinajstić information content (AvgIpc) is 2.65. The fourth-order valence-electron chi connectivity index (χ4n) is 2.44. The Kier molecular flexibility index (Phi) is 3.07. The number of aldehydes is 1. The second kappa shape index (κ2) is 4.37. The molecule has 1 aliphatic carbocycles. The van der Waals surface area contributed by atoms with Crippen molar-refractivity contribution >= 4 is 6.29 Å². The Morgan fingerprint density at radius 2 is 2.00 bits per heavy atom. The van der Waals surface area contributed by atoms with Crippen molar-refractivity contribution in [1.29, 1.82) is 0 Å². The molecule has 0 radical (unpaired) electrons. The molecule has 2 N–H and O–H groups in total. The smallest absolute Gasteiger partial charge is 0.161 e. The quantitative estimate of drug-likeness (QED) is 0.801. The van der Waals surface area contributed by atoms with Crippen molar-refractivity contribution in [3.63, 3.8) is 0 Å². The van der Waals surface area contributed by atoms with Crippen LogP contribution in [0.4, 0.5) is 0 Å². The van der Waals surface area contributed by atoms with Crippen LogP contribution in [0.1, 0.15) is 24.0 Å². The molecule has 17 heavy (non-hydrogen) atoms. The number of nitrogens with two attached hydrogens (primary N) is 1. The lowest BCUT2D eigenvalue weighted by Crippen LogP contribution is -2.34. The van der Waals surface area contributed by atoms with Crippen molar-refractivity contribution in [2.45, 2.75) is 24.8 Å². The monoisotopic (exact) mass is 235 g/mol. The molecule has 0 aliphatic heterocycles. The Balaban J connectivity index is 2.49. The van der Waals surface area contributed by atoms with Gasteiger partial charge in [-0.15, -0.1) is 0 Å². The highest BCUT2D eigenvalue weighted by atomic mass is 16.5. The van der Waals surface area contributed by atoms with Crippen LogP contribution in [0.5, 0.6) is 11.5 Å². The maximum atomic E-state index is 10.7. The molecule has 0 spiro atoms.